The van der Waals surface area contributed by atoms with Crippen molar-refractivity contribution in [1.29, 1.82) is 0 Å². The quantitative estimate of drug-likeness (QED) is 0.543. The Hall–Kier alpha value is -1.83. The largest absolute Gasteiger partial charge is 0.444 e. The minimum atomic E-state index is -0.503. The number of carbonyl (C=O) groups is 1. The van der Waals surface area contributed by atoms with Crippen LogP contribution in [-0.2, 0) is 4.74 Å². The van der Waals surface area contributed by atoms with Crippen LogP contribution in [0.2, 0.25) is 0 Å². The number of rotatable bonds is 2. The number of nitro benzene ring substituents is 1. The molecule has 2 bridgehead atoms. The van der Waals surface area contributed by atoms with Crippen LogP contribution in [-0.4, -0.2) is 46.7 Å². The van der Waals surface area contributed by atoms with Gasteiger partial charge in [0.25, 0.3) is 5.69 Å². The molecule has 2 heterocycles. The Morgan fingerprint density at radius 1 is 1.28 bits per heavy atom. The second-order valence-corrected chi connectivity index (χ2v) is 8.42. The van der Waals surface area contributed by atoms with Crippen LogP contribution in [0.5, 0.6) is 0 Å². The summed E-state index contributed by atoms with van der Waals surface area (Å²) in [6.07, 6.45) is 1.66. The molecule has 0 aromatic heterocycles. The van der Waals surface area contributed by atoms with Crippen molar-refractivity contribution in [3.8, 4) is 0 Å². The van der Waals surface area contributed by atoms with Crippen molar-refractivity contribution in [2.45, 2.75) is 51.3 Å². The number of ether oxygens (including phenoxy) is 1. The van der Waals surface area contributed by atoms with Crippen molar-refractivity contribution >= 4 is 33.4 Å². The molecule has 2 fully saturated rings. The van der Waals surface area contributed by atoms with E-state index in [1.165, 1.54) is 6.07 Å². The number of amides is 1. The van der Waals surface area contributed by atoms with Gasteiger partial charge in [-0.3, -0.25) is 15.0 Å². The summed E-state index contributed by atoms with van der Waals surface area (Å²) < 4.78 is 6.02. The molecular formula is C17H22BrN3O4. The first-order valence-corrected chi connectivity index (χ1v) is 9.15. The SMILES string of the molecule is CC(C)(C)OC(=O)N1C2CCC1CN(c1ccc([N+](=O)[O-])c(Br)c1)C2. The molecule has 0 N–H and O–H groups in total. The third-order valence-corrected chi connectivity index (χ3v) is 5.21. The van der Waals surface area contributed by atoms with E-state index in [0.29, 0.717) is 17.6 Å². The molecule has 1 aromatic rings. The fourth-order valence-electron chi connectivity index (χ4n) is 3.57. The first-order chi connectivity index (χ1) is 11.7. The smallest absolute Gasteiger partial charge is 0.410 e. The van der Waals surface area contributed by atoms with E-state index >= 15 is 0 Å². The number of carbonyl (C=O) groups excluding carboxylic acids is 1. The van der Waals surface area contributed by atoms with E-state index in [-0.39, 0.29) is 23.9 Å². The molecule has 136 valence electrons. The van der Waals surface area contributed by atoms with Gasteiger partial charge in [0.1, 0.15) is 5.60 Å². The summed E-state index contributed by atoms with van der Waals surface area (Å²) in [6.45, 7) is 7.03. The van der Waals surface area contributed by atoms with E-state index in [4.69, 9.17) is 4.74 Å². The van der Waals surface area contributed by atoms with Gasteiger partial charge < -0.3 is 9.64 Å². The Morgan fingerprint density at radius 2 is 1.88 bits per heavy atom. The highest BCUT2D eigenvalue weighted by Gasteiger charge is 2.44. The van der Waals surface area contributed by atoms with E-state index < -0.39 is 10.5 Å². The molecule has 1 amide bonds. The van der Waals surface area contributed by atoms with E-state index in [1.54, 1.807) is 12.1 Å². The van der Waals surface area contributed by atoms with E-state index in [9.17, 15) is 14.9 Å². The van der Waals surface area contributed by atoms with Crippen LogP contribution in [0.15, 0.2) is 22.7 Å². The van der Waals surface area contributed by atoms with Crippen LogP contribution in [0, 0.1) is 10.1 Å². The summed E-state index contributed by atoms with van der Waals surface area (Å²) >= 11 is 3.28. The zero-order chi connectivity index (χ0) is 18.4. The average molecular weight is 412 g/mol. The standard InChI is InChI=1S/C17H22BrN3O4/c1-17(2,3)25-16(22)20-12-4-5-13(20)10-19(9-12)11-6-7-15(21(23)24)14(18)8-11/h6-8,12-13H,4-5,9-10H2,1-3H3. The molecule has 1 aromatic carbocycles. The number of piperazine rings is 1. The number of nitrogens with zero attached hydrogens (tertiary/aromatic N) is 3. The summed E-state index contributed by atoms with van der Waals surface area (Å²) in [7, 11) is 0. The summed E-state index contributed by atoms with van der Waals surface area (Å²) in [5.41, 5.74) is 0.481. The lowest BCUT2D eigenvalue weighted by Crippen LogP contribution is -2.56. The Bertz CT molecular complexity index is 690. The van der Waals surface area contributed by atoms with Crippen molar-refractivity contribution in [3.63, 3.8) is 0 Å². The molecule has 25 heavy (non-hydrogen) atoms. The molecule has 3 rings (SSSR count). The average Bonchev–Trinajstić information content (AvgIpc) is 2.75. The normalized spacial score (nSPS) is 22.9. The predicted octanol–water partition coefficient (Wildman–Crippen LogP) is 3.95. The molecule has 2 saturated heterocycles. The second kappa shape index (κ2) is 6.48. The van der Waals surface area contributed by atoms with E-state index in [0.717, 1.165) is 18.5 Å². The number of anilines is 1. The minimum Gasteiger partial charge on any atom is -0.444 e. The summed E-state index contributed by atoms with van der Waals surface area (Å²) in [4.78, 5) is 27.1. The maximum Gasteiger partial charge on any atom is 0.410 e. The molecule has 0 saturated carbocycles. The van der Waals surface area contributed by atoms with E-state index in [1.807, 2.05) is 25.7 Å². The lowest BCUT2D eigenvalue weighted by molar-refractivity contribution is -0.385. The molecule has 2 unspecified atom stereocenters. The summed E-state index contributed by atoms with van der Waals surface area (Å²) in [6, 6.07) is 5.29. The fourth-order valence-corrected chi connectivity index (χ4v) is 4.08. The third kappa shape index (κ3) is 3.73. The van der Waals surface area contributed by atoms with Gasteiger partial charge in [-0.2, -0.15) is 0 Å². The Kier molecular flexibility index (Phi) is 4.66. The molecule has 2 atom stereocenters. The second-order valence-electron chi connectivity index (χ2n) is 7.57. The highest BCUT2D eigenvalue weighted by atomic mass is 79.9. The van der Waals surface area contributed by atoms with Gasteiger partial charge in [0.05, 0.1) is 21.5 Å². The van der Waals surface area contributed by atoms with Crippen molar-refractivity contribution in [3.05, 3.63) is 32.8 Å². The molecule has 2 aliphatic rings. The molecule has 7 nitrogen and oxygen atoms in total. The van der Waals surface area contributed by atoms with Gasteiger partial charge in [-0.15, -0.1) is 0 Å². The van der Waals surface area contributed by atoms with Gasteiger partial charge in [0.2, 0.25) is 0 Å². The van der Waals surface area contributed by atoms with Crippen LogP contribution in [0.1, 0.15) is 33.6 Å². The minimum absolute atomic E-state index is 0.0547. The van der Waals surface area contributed by atoms with Crippen molar-refractivity contribution in [2.75, 3.05) is 18.0 Å². The number of hydrogen-bond acceptors (Lipinski definition) is 5. The van der Waals surface area contributed by atoms with Crippen molar-refractivity contribution < 1.29 is 14.5 Å². The van der Waals surface area contributed by atoms with Crippen molar-refractivity contribution in [1.82, 2.24) is 4.90 Å². The first kappa shape index (κ1) is 18.0. The first-order valence-electron chi connectivity index (χ1n) is 8.36. The summed E-state index contributed by atoms with van der Waals surface area (Å²) in [5.74, 6) is 0. The summed E-state index contributed by atoms with van der Waals surface area (Å²) in [5, 5.41) is 11.0. The highest BCUT2D eigenvalue weighted by molar-refractivity contribution is 9.10. The lowest BCUT2D eigenvalue weighted by atomic mass is 10.1. The van der Waals surface area contributed by atoms with Crippen molar-refractivity contribution in [2.24, 2.45) is 0 Å². The maximum absolute atomic E-state index is 12.5. The van der Waals surface area contributed by atoms with Crippen LogP contribution in [0.25, 0.3) is 0 Å². The number of fused-ring (bicyclic) bond motifs is 2. The molecule has 0 spiro atoms. The van der Waals surface area contributed by atoms with Crippen LogP contribution < -0.4 is 4.90 Å². The van der Waals surface area contributed by atoms with E-state index in [2.05, 4.69) is 20.8 Å². The Morgan fingerprint density at radius 3 is 2.36 bits per heavy atom. The topological polar surface area (TPSA) is 75.9 Å². The van der Waals surface area contributed by atoms with Crippen LogP contribution in [0.4, 0.5) is 16.2 Å². The Labute approximate surface area is 155 Å². The van der Waals surface area contributed by atoms with Crippen LogP contribution >= 0.6 is 15.9 Å². The zero-order valence-corrected chi connectivity index (χ0v) is 16.2. The fraction of sp³-hybridized carbons (Fsp3) is 0.588. The van der Waals surface area contributed by atoms with Crippen LogP contribution in [0.3, 0.4) is 0 Å². The Balaban J connectivity index is 1.75. The van der Waals surface area contributed by atoms with Gasteiger partial charge in [-0.1, -0.05) is 0 Å². The predicted molar refractivity (Wildman–Crippen MR) is 97.9 cm³/mol. The number of benzene rings is 1. The molecule has 0 aliphatic carbocycles. The number of halogens is 1. The van der Waals surface area contributed by atoms with Gasteiger partial charge in [0, 0.05) is 24.8 Å². The van der Waals surface area contributed by atoms with Gasteiger partial charge in [0.15, 0.2) is 0 Å². The number of hydrogen-bond donors (Lipinski definition) is 0. The van der Waals surface area contributed by atoms with Gasteiger partial charge in [-0.05, 0) is 61.7 Å². The maximum atomic E-state index is 12.5. The molecule has 8 heteroatoms. The molecular weight excluding hydrogens is 390 g/mol. The lowest BCUT2D eigenvalue weighted by Gasteiger charge is -2.42. The zero-order valence-electron chi connectivity index (χ0n) is 14.6. The number of nitro groups is 1. The van der Waals surface area contributed by atoms with Gasteiger partial charge in [-0.25, -0.2) is 4.79 Å². The van der Waals surface area contributed by atoms with Gasteiger partial charge >= 0.3 is 6.09 Å². The molecule has 0 radical (unpaired) electrons. The third-order valence-electron chi connectivity index (χ3n) is 4.58. The highest BCUT2D eigenvalue weighted by Crippen LogP contribution is 2.36. The molecule has 2 aliphatic heterocycles. The monoisotopic (exact) mass is 411 g/mol.